The number of hydrogen-bond acceptors (Lipinski definition) is 5. The van der Waals surface area contributed by atoms with Crippen LogP contribution in [0, 0.1) is 5.82 Å². The smallest absolute Gasteiger partial charge is 0.305 e. The maximum Gasteiger partial charge on any atom is 0.305 e. The highest BCUT2D eigenvalue weighted by molar-refractivity contribution is 5.95. The fourth-order valence-corrected chi connectivity index (χ4v) is 3.27. The number of benzene rings is 2. The monoisotopic (exact) mass is 431 g/mol. The number of amides is 1. The molecule has 0 aliphatic heterocycles. The van der Waals surface area contributed by atoms with E-state index >= 15 is 0 Å². The number of esters is 1. The lowest BCUT2D eigenvalue weighted by Gasteiger charge is -2.23. The number of unbranched alkanes of at least 4 members (excludes halogenated alkanes) is 1. The van der Waals surface area contributed by atoms with E-state index in [1.54, 1.807) is 29.2 Å². The molecular weight excluding hydrogens is 401 g/mol. The van der Waals surface area contributed by atoms with Crippen molar-refractivity contribution in [3.8, 4) is 11.5 Å². The van der Waals surface area contributed by atoms with Crippen LogP contribution in [0.25, 0.3) is 0 Å². The number of hydrogen-bond donors (Lipinski definition) is 0. The van der Waals surface area contributed by atoms with Gasteiger partial charge in [-0.3, -0.25) is 9.59 Å². The molecule has 2 aromatic rings. The second-order valence-corrected chi connectivity index (χ2v) is 7.16. The number of carbonyl (C=O) groups excluding carboxylic acids is 2. The Hall–Kier alpha value is -3.09. The van der Waals surface area contributed by atoms with Gasteiger partial charge in [-0.1, -0.05) is 12.1 Å². The predicted molar refractivity (Wildman–Crippen MR) is 116 cm³/mol. The molecule has 168 valence electrons. The highest BCUT2D eigenvalue weighted by atomic mass is 19.1. The fraction of sp³-hybridized carbons (Fsp3) is 0.417. The van der Waals surface area contributed by atoms with E-state index in [9.17, 15) is 14.0 Å². The van der Waals surface area contributed by atoms with E-state index < -0.39 is 0 Å². The van der Waals surface area contributed by atoms with Crippen molar-refractivity contribution in [3.63, 3.8) is 0 Å². The zero-order chi connectivity index (χ0) is 22.6. The molecule has 6 nitrogen and oxygen atoms in total. The molecule has 0 saturated heterocycles. The van der Waals surface area contributed by atoms with Crippen LogP contribution in [0.2, 0.25) is 0 Å². The molecule has 0 aliphatic rings. The van der Waals surface area contributed by atoms with Crippen molar-refractivity contribution in [3.05, 3.63) is 59.4 Å². The summed E-state index contributed by atoms with van der Waals surface area (Å²) >= 11 is 0. The number of rotatable bonds is 12. The van der Waals surface area contributed by atoms with Crippen LogP contribution in [0.15, 0.2) is 42.5 Å². The predicted octanol–water partition coefficient (Wildman–Crippen LogP) is 4.26. The summed E-state index contributed by atoms with van der Waals surface area (Å²) in [6.45, 7) is 1.01. The average Bonchev–Trinajstić information content (AvgIpc) is 2.79. The van der Waals surface area contributed by atoms with Gasteiger partial charge in [-0.15, -0.1) is 0 Å². The van der Waals surface area contributed by atoms with Crippen molar-refractivity contribution in [2.45, 2.75) is 32.1 Å². The summed E-state index contributed by atoms with van der Waals surface area (Å²) in [6.07, 6.45) is 2.96. The lowest BCUT2D eigenvalue weighted by Crippen LogP contribution is -2.33. The van der Waals surface area contributed by atoms with Crippen molar-refractivity contribution in [2.75, 3.05) is 34.4 Å². The SMILES string of the molecule is COC(=O)CCCCN(CCCc1cccc(F)c1)C(=O)c1cc(OC)cc(OC)c1. The Morgan fingerprint density at radius 2 is 1.58 bits per heavy atom. The molecule has 0 fully saturated rings. The van der Waals surface area contributed by atoms with Crippen LogP contribution in [-0.4, -0.2) is 51.2 Å². The van der Waals surface area contributed by atoms with Gasteiger partial charge in [0.2, 0.25) is 0 Å². The van der Waals surface area contributed by atoms with Gasteiger partial charge in [-0.05, 0) is 55.5 Å². The van der Waals surface area contributed by atoms with Crippen molar-refractivity contribution in [2.24, 2.45) is 0 Å². The standard InChI is InChI=1S/C24H30FNO5/c1-29-21-15-19(16-22(17-21)30-2)24(28)26(12-5-4-11-23(27)31-3)13-7-9-18-8-6-10-20(25)14-18/h6,8,10,14-17H,4-5,7,9,11-13H2,1-3H3. The normalized spacial score (nSPS) is 10.5. The molecule has 0 aromatic heterocycles. The van der Waals surface area contributed by atoms with Crippen LogP contribution < -0.4 is 9.47 Å². The van der Waals surface area contributed by atoms with E-state index in [2.05, 4.69) is 4.74 Å². The molecular formula is C24H30FNO5. The number of aryl methyl sites for hydroxylation is 1. The first-order valence-corrected chi connectivity index (χ1v) is 10.3. The minimum atomic E-state index is -0.267. The highest BCUT2D eigenvalue weighted by Crippen LogP contribution is 2.24. The summed E-state index contributed by atoms with van der Waals surface area (Å²) in [5.41, 5.74) is 1.36. The summed E-state index contributed by atoms with van der Waals surface area (Å²) in [4.78, 5) is 26.3. The summed E-state index contributed by atoms with van der Waals surface area (Å²) in [6, 6.07) is 11.5. The van der Waals surface area contributed by atoms with Crippen LogP contribution in [0.3, 0.4) is 0 Å². The number of halogens is 1. The summed E-state index contributed by atoms with van der Waals surface area (Å²) in [7, 11) is 4.43. The Morgan fingerprint density at radius 1 is 0.903 bits per heavy atom. The molecule has 0 atom stereocenters. The maximum absolute atomic E-state index is 13.4. The van der Waals surface area contributed by atoms with Gasteiger partial charge in [0.05, 0.1) is 21.3 Å². The molecule has 0 radical (unpaired) electrons. The molecule has 0 aliphatic carbocycles. The van der Waals surface area contributed by atoms with E-state index in [0.29, 0.717) is 62.3 Å². The van der Waals surface area contributed by atoms with Gasteiger partial charge in [-0.2, -0.15) is 0 Å². The van der Waals surface area contributed by atoms with Gasteiger partial charge >= 0.3 is 5.97 Å². The first-order chi connectivity index (χ1) is 15.0. The third-order valence-corrected chi connectivity index (χ3v) is 4.95. The molecule has 2 aromatic carbocycles. The summed E-state index contributed by atoms with van der Waals surface area (Å²) < 4.78 is 28.6. The quantitative estimate of drug-likeness (QED) is 0.371. The second kappa shape index (κ2) is 12.6. The van der Waals surface area contributed by atoms with E-state index in [0.717, 1.165) is 5.56 Å². The fourth-order valence-electron chi connectivity index (χ4n) is 3.27. The average molecular weight is 432 g/mol. The molecule has 0 N–H and O–H groups in total. The Bertz CT molecular complexity index is 849. The van der Waals surface area contributed by atoms with Crippen molar-refractivity contribution in [1.82, 2.24) is 4.90 Å². The number of methoxy groups -OCH3 is 3. The Balaban J connectivity index is 2.08. The lowest BCUT2D eigenvalue weighted by atomic mass is 10.1. The minimum Gasteiger partial charge on any atom is -0.497 e. The molecule has 31 heavy (non-hydrogen) atoms. The van der Waals surface area contributed by atoms with Crippen LogP contribution >= 0.6 is 0 Å². The number of nitrogens with zero attached hydrogens (tertiary/aromatic N) is 1. The third-order valence-electron chi connectivity index (χ3n) is 4.95. The van der Waals surface area contributed by atoms with Crippen molar-refractivity contribution >= 4 is 11.9 Å². The Kier molecular flexibility index (Phi) is 9.81. The number of ether oxygens (including phenoxy) is 3. The largest absolute Gasteiger partial charge is 0.497 e. The molecule has 0 saturated carbocycles. The van der Waals surface area contributed by atoms with E-state index in [-0.39, 0.29) is 17.7 Å². The Labute approximate surface area is 182 Å². The topological polar surface area (TPSA) is 65.1 Å². The molecule has 2 rings (SSSR count). The third kappa shape index (κ3) is 7.92. The minimum absolute atomic E-state index is 0.144. The van der Waals surface area contributed by atoms with E-state index in [4.69, 9.17) is 9.47 Å². The number of carbonyl (C=O) groups is 2. The lowest BCUT2D eigenvalue weighted by molar-refractivity contribution is -0.140. The van der Waals surface area contributed by atoms with E-state index in [1.165, 1.54) is 33.5 Å². The molecule has 7 heteroatoms. The molecule has 1 amide bonds. The van der Waals surface area contributed by atoms with Gasteiger partial charge in [0, 0.05) is 31.1 Å². The zero-order valence-electron chi connectivity index (χ0n) is 18.4. The van der Waals surface area contributed by atoms with Gasteiger partial charge in [0.15, 0.2) is 0 Å². The van der Waals surface area contributed by atoms with E-state index in [1.807, 2.05) is 6.07 Å². The molecule has 0 unspecified atom stereocenters. The van der Waals surface area contributed by atoms with Crippen molar-refractivity contribution in [1.29, 1.82) is 0 Å². The van der Waals surface area contributed by atoms with Crippen LogP contribution in [0.5, 0.6) is 11.5 Å². The van der Waals surface area contributed by atoms with Gasteiger partial charge in [0.25, 0.3) is 5.91 Å². The highest BCUT2D eigenvalue weighted by Gasteiger charge is 2.18. The van der Waals surface area contributed by atoms with Gasteiger partial charge in [-0.25, -0.2) is 4.39 Å². The Morgan fingerprint density at radius 3 is 2.19 bits per heavy atom. The maximum atomic E-state index is 13.4. The first-order valence-electron chi connectivity index (χ1n) is 10.3. The summed E-state index contributed by atoms with van der Waals surface area (Å²) in [5.74, 6) is 0.397. The van der Waals surface area contributed by atoms with Gasteiger partial charge in [0.1, 0.15) is 17.3 Å². The van der Waals surface area contributed by atoms with Crippen LogP contribution in [-0.2, 0) is 16.0 Å². The van der Waals surface area contributed by atoms with Gasteiger partial charge < -0.3 is 19.1 Å². The van der Waals surface area contributed by atoms with Crippen LogP contribution in [0.4, 0.5) is 4.39 Å². The van der Waals surface area contributed by atoms with Crippen molar-refractivity contribution < 1.29 is 28.2 Å². The summed E-state index contributed by atoms with van der Waals surface area (Å²) in [5, 5.41) is 0. The molecule has 0 heterocycles. The second-order valence-electron chi connectivity index (χ2n) is 7.16. The molecule has 0 bridgehead atoms. The first kappa shape index (κ1) is 24.2. The van der Waals surface area contributed by atoms with Crippen LogP contribution in [0.1, 0.15) is 41.6 Å². The molecule has 0 spiro atoms. The zero-order valence-corrected chi connectivity index (χ0v) is 18.4.